The average Bonchev–Trinajstić information content (AvgIpc) is 3.32. The van der Waals surface area contributed by atoms with Crippen LogP contribution in [0.5, 0.6) is 17.2 Å². The predicted octanol–water partition coefficient (Wildman–Crippen LogP) is 5.02. The normalized spacial score (nSPS) is 11.2. The van der Waals surface area contributed by atoms with Gasteiger partial charge in [-0.3, -0.25) is 15.1 Å². The number of rotatable bonds is 9. The van der Waals surface area contributed by atoms with Gasteiger partial charge in [0.05, 0.1) is 26.5 Å². The van der Waals surface area contributed by atoms with Crippen LogP contribution >= 0.6 is 0 Å². The maximum Gasteiger partial charge on any atom is 0.258 e. The Bertz CT molecular complexity index is 1360. The van der Waals surface area contributed by atoms with Gasteiger partial charge in [-0.25, -0.2) is 0 Å². The number of guanidine groups is 1. The molecule has 1 amide bonds. The highest BCUT2D eigenvalue weighted by Crippen LogP contribution is 2.28. The lowest BCUT2D eigenvalue weighted by atomic mass is 10.1. The second kappa shape index (κ2) is 11.8. The number of ether oxygens (including phenoxy) is 3. The molecule has 0 saturated carbocycles. The predicted molar refractivity (Wildman–Crippen MR) is 143 cm³/mol. The molecule has 0 spiro atoms. The van der Waals surface area contributed by atoms with Crippen molar-refractivity contribution in [3.8, 4) is 17.2 Å². The van der Waals surface area contributed by atoms with Gasteiger partial charge in [-0.05, 0) is 55.3 Å². The zero-order valence-electron chi connectivity index (χ0n) is 20.6. The number of aliphatic imine (C=N–C) groups is 1. The Balaban J connectivity index is 1.57. The first-order chi connectivity index (χ1) is 17.6. The Hall–Kier alpha value is -4.46. The molecular formula is C28H30N4O4. The molecule has 0 aliphatic heterocycles. The smallest absolute Gasteiger partial charge is 0.258 e. The van der Waals surface area contributed by atoms with Crippen molar-refractivity contribution >= 4 is 28.5 Å². The topological polar surface area (TPSA) is 97.0 Å². The number of methoxy groups -OCH3 is 2. The Morgan fingerprint density at radius 1 is 0.944 bits per heavy atom. The number of amides is 1. The molecule has 0 saturated heterocycles. The van der Waals surface area contributed by atoms with Crippen LogP contribution in [0.1, 0.15) is 22.8 Å². The number of carbonyl (C=O) groups excluding carboxylic acids is 1. The number of hydrogen-bond acceptors (Lipinski definition) is 5. The lowest BCUT2D eigenvalue weighted by molar-refractivity contribution is 0.0976. The van der Waals surface area contributed by atoms with E-state index in [1.54, 1.807) is 25.3 Å². The molecule has 1 heterocycles. The number of hydrogen-bond donors (Lipinski definition) is 3. The summed E-state index contributed by atoms with van der Waals surface area (Å²) >= 11 is 0. The van der Waals surface area contributed by atoms with Crippen LogP contribution in [0.15, 0.2) is 77.9 Å². The van der Waals surface area contributed by atoms with Gasteiger partial charge in [-0.1, -0.05) is 30.3 Å². The van der Waals surface area contributed by atoms with Crippen molar-refractivity contribution in [2.75, 3.05) is 32.7 Å². The second-order valence-corrected chi connectivity index (χ2v) is 7.92. The van der Waals surface area contributed by atoms with Crippen molar-refractivity contribution in [1.29, 1.82) is 0 Å². The monoisotopic (exact) mass is 486 g/mol. The second-order valence-electron chi connectivity index (χ2n) is 7.92. The molecule has 1 aromatic heterocycles. The summed E-state index contributed by atoms with van der Waals surface area (Å²) in [5.74, 6) is 1.68. The van der Waals surface area contributed by atoms with E-state index in [1.165, 1.54) is 12.5 Å². The molecule has 4 aromatic rings. The first-order valence-electron chi connectivity index (χ1n) is 11.7. The minimum Gasteiger partial charge on any atom is -0.493 e. The summed E-state index contributed by atoms with van der Waals surface area (Å²) in [4.78, 5) is 21.1. The van der Waals surface area contributed by atoms with E-state index in [9.17, 15) is 4.79 Å². The van der Waals surface area contributed by atoms with Gasteiger partial charge in [0.15, 0.2) is 11.5 Å². The number of H-pyrrole nitrogens is 1. The maximum atomic E-state index is 13.1. The minimum absolute atomic E-state index is 0.321. The van der Waals surface area contributed by atoms with Crippen molar-refractivity contribution in [3.63, 3.8) is 0 Å². The summed E-state index contributed by atoms with van der Waals surface area (Å²) in [5, 5.41) is 7.29. The van der Waals surface area contributed by atoms with Gasteiger partial charge in [0.25, 0.3) is 5.91 Å². The zero-order valence-corrected chi connectivity index (χ0v) is 20.6. The molecule has 0 aliphatic rings. The molecule has 0 unspecified atom stereocenters. The zero-order chi connectivity index (χ0) is 25.3. The summed E-state index contributed by atoms with van der Waals surface area (Å²) in [6, 6.07) is 20.7. The molecule has 4 rings (SSSR count). The lowest BCUT2D eigenvalue weighted by Gasteiger charge is -2.15. The molecule has 0 radical (unpaired) electrons. The molecule has 8 nitrogen and oxygen atoms in total. The fourth-order valence-corrected chi connectivity index (χ4v) is 3.87. The molecule has 186 valence electrons. The highest BCUT2D eigenvalue weighted by atomic mass is 16.5. The van der Waals surface area contributed by atoms with E-state index in [1.807, 2.05) is 55.6 Å². The molecule has 0 bridgehead atoms. The van der Waals surface area contributed by atoms with Crippen LogP contribution in [-0.4, -0.2) is 44.2 Å². The number of aromatic amines is 1. The molecule has 0 atom stereocenters. The summed E-state index contributed by atoms with van der Waals surface area (Å²) in [6.07, 6.45) is 2.70. The highest BCUT2D eigenvalue weighted by molar-refractivity contribution is 6.10. The van der Waals surface area contributed by atoms with Gasteiger partial charge in [0, 0.05) is 29.2 Å². The molecule has 3 N–H and O–H groups in total. The van der Waals surface area contributed by atoms with Crippen LogP contribution in [0.4, 0.5) is 5.69 Å². The fraction of sp³-hybridized carbons (Fsp3) is 0.214. The van der Waals surface area contributed by atoms with Crippen LogP contribution in [0.3, 0.4) is 0 Å². The van der Waals surface area contributed by atoms with Crippen LogP contribution in [0.2, 0.25) is 0 Å². The van der Waals surface area contributed by atoms with E-state index in [0.29, 0.717) is 54.0 Å². The SMILES string of the molecule is CCOc1ccccc1NC(=NCCc1c[nH]c2ccccc12)NC(=O)c1ccc(OC)c(OC)c1. The first kappa shape index (κ1) is 24.7. The number of fused-ring (bicyclic) bond motifs is 1. The molecule has 36 heavy (non-hydrogen) atoms. The van der Waals surface area contributed by atoms with Crippen molar-refractivity contribution in [2.45, 2.75) is 13.3 Å². The number of para-hydroxylation sites is 3. The Labute approximate surface area is 210 Å². The molecule has 3 aromatic carbocycles. The third kappa shape index (κ3) is 5.78. The Morgan fingerprint density at radius 3 is 2.53 bits per heavy atom. The summed E-state index contributed by atoms with van der Waals surface area (Å²) in [6.45, 7) is 2.91. The number of benzene rings is 3. The summed E-state index contributed by atoms with van der Waals surface area (Å²) < 4.78 is 16.3. The molecule has 0 aliphatic carbocycles. The number of nitrogens with zero attached hydrogens (tertiary/aromatic N) is 1. The van der Waals surface area contributed by atoms with Crippen molar-refractivity contribution in [1.82, 2.24) is 10.3 Å². The van der Waals surface area contributed by atoms with Gasteiger partial charge in [0.1, 0.15) is 5.75 Å². The third-order valence-corrected chi connectivity index (χ3v) is 5.64. The average molecular weight is 487 g/mol. The van der Waals surface area contributed by atoms with E-state index in [-0.39, 0.29) is 5.91 Å². The van der Waals surface area contributed by atoms with Crippen molar-refractivity contribution in [3.05, 3.63) is 84.1 Å². The molecule has 8 heteroatoms. The standard InChI is InChI=1S/C28H30N4O4/c1-4-36-24-12-8-7-11-23(24)31-28(29-16-15-20-18-30-22-10-6-5-9-21(20)22)32-27(33)19-13-14-25(34-2)26(17-19)35-3/h5-14,17-18,30H,4,15-16H2,1-3H3,(H2,29,31,32,33). The van der Waals surface area contributed by atoms with Crippen LogP contribution in [0.25, 0.3) is 10.9 Å². The van der Waals surface area contributed by atoms with E-state index >= 15 is 0 Å². The largest absolute Gasteiger partial charge is 0.493 e. The van der Waals surface area contributed by atoms with Gasteiger partial charge in [-0.2, -0.15) is 0 Å². The van der Waals surface area contributed by atoms with E-state index < -0.39 is 0 Å². The minimum atomic E-state index is -0.330. The van der Waals surface area contributed by atoms with Crippen LogP contribution in [-0.2, 0) is 6.42 Å². The Morgan fingerprint density at radius 2 is 1.72 bits per heavy atom. The van der Waals surface area contributed by atoms with Crippen LogP contribution < -0.4 is 24.8 Å². The quantitative estimate of drug-likeness (QED) is 0.228. The van der Waals surface area contributed by atoms with Crippen molar-refractivity contribution < 1.29 is 19.0 Å². The summed E-state index contributed by atoms with van der Waals surface area (Å²) in [7, 11) is 3.08. The van der Waals surface area contributed by atoms with Gasteiger partial charge >= 0.3 is 0 Å². The highest BCUT2D eigenvalue weighted by Gasteiger charge is 2.14. The van der Waals surface area contributed by atoms with E-state index in [2.05, 4.69) is 21.7 Å². The molecular weight excluding hydrogens is 456 g/mol. The number of anilines is 1. The lowest BCUT2D eigenvalue weighted by Crippen LogP contribution is -2.36. The first-order valence-corrected chi connectivity index (χ1v) is 11.7. The van der Waals surface area contributed by atoms with Gasteiger partial charge in [-0.15, -0.1) is 0 Å². The van der Waals surface area contributed by atoms with Crippen molar-refractivity contribution in [2.24, 2.45) is 4.99 Å². The Kier molecular flexibility index (Phi) is 8.08. The van der Waals surface area contributed by atoms with E-state index in [4.69, 9.17) is 19.2 Å². The fourth-order valence-electron chi connectivity index (χ4n) is 3.87. The maximum absolute atomic E-state index is 13.1. The molecule has 0 fully saturated rings. The number of aromatic nitrogens is 1. The van der Waals surface area contributed by atoms with Crippen LogP contribution in [0, 0.1) is 0 Å². The summed E-state index contributed by atoms with van der Waals surface area (Å²) in [5.41, 5.74) is 3.37. The third-order valence-electron chi connectivity index (χ3n) is 5.64. The number of nitrogens with one attached hydrogen (secondary N) is 3. The van der Waals surface area contributed by atoms with Gasteiger partial charge < -0.3 is 24.5 Å². The van der Waals surface area contributed by atoms with E-state index in [0.717, 1.165) is 11.1 Å². The van der Waals surface area contributed by atoms with Gasteiger partial charge in [0.2, 0.25) is 5.96 Å². The number of carbonyl (C=O) groups is 1.